The van der Waals surface area contributed by atoms with Crippen LogP contribution in [0.15, 0.2) is 24.4 Å². The summed E-state index contributed by atoms with van der Waals surface area (Å²) in [6.07, 6.45) is 1.75. The van der Waals surface area contributed by atoms with Crippen LogP contribution in [0.1, 0.15) is 21.7 Å². The molecule has 2 aromatic heterocycles. The number of hydrogen-bond donors (Lipinski definition) is 3. The number of nitrogens with one attached hydrogen (secondary N) is 3. The predicted octanol–water partition coefficient (Wildman–Crippen LogP) is 1.26. The molecule has 0 bridgehead atoms. The molecule has 0 saturated carbocycles. The molecule has 1 amide bonds. The van der Waals surface area contributed by atoms with Gasteiger partial charge in [0.15, 0.2) is 0 Å². The number of pyridine rings is 1. The molecule has 6 heteroatoms. The van der Waals surface area contributed by atoms with Crippen LogP contribution in [0.2, 0.25) is 0 Å². The Kier molecular flexibility index (Phi) is 4.12. The lowest BCUT2D eigenvalue weighted by molar-refractivity contribution is 0.0950. The highest BCUT2D eigenvalue weighted by atomic mass is 16.1. The number of hydrogen-bond acceptors (Lipinski definition) is 4. The summed E-state index contributed by atoms with van der Waals surface area (Å²) in [7, 11) is 0. The molecule has 0 unspecified atom stereocenters. The van der Waals surface area contributed by atoms with Crippen molar-refractivity contribution < 1.29 is 4.79 Å². The van der Waals surface area contributed by atoms with E-state index in [1.807, 2.05) is 26.0 Å². The molecule has 0 radical (unpaired) electrons. The van der Waals surface area contributed by atoms with E-state index in [1.54, 1.807) is 12.3 Å². The Morgan fingerprint density at radius 3 is 2.84 bits per heavy atom. The fourth-order valence-corrected chi connectivity index (χ4v) is 1.62. The second-order valence-electron chi connectivity index (χ2n) is 4.34. The van der Waals surface area contributed by atoms with Gasteiger partial charge < -0.3 is 10.6 Å². The van der Waals surface area contributed by atoms with Gasteiger partial charge in [-0.25, -0.2) is 4.98 Å². The highest BCUT2D eigenvalue weighted by Crippen LogP contribution is 2.04. The number of anilines is 1. The van der Waals surface area contributed by atoms with Crippen molar-refractivity contribution in [2.45, 2.75) is 13.8 Å². The molecule has 0 atom stereocenters. The van der Waals surface area contributed by atoms with Crippen LogP contribution in [-0.2, 0) is 0 Å². The summed E-state index contributed by atoms with van der Waals surface area (Å²) in [5.74, 6) is 0.633. The zero-order valence-corrected chi connectivity index (χ0v) is 11.0. The topological polar surface area (TPSA) is 82.7 Å². The predicted molar refractivity (Wildman–Crippen MR) is 73.1 cm³/mol. The number of aromatic amines is 1. The van der Waals surface area contributed by atoms with Crippen molar-refractivity contribution >= 4 is 11.7 Å². The van der Waals surface area contributed by atoms with E-state index in [9.17, 15) is 4.79 Å². The van der Waals surface area contributed by atoms with Crippen LogP contribution in [0.25, 0.3) is 0 Å². The molecule has 0 saturated heterocycles. The Morgan fingerprint density at radius 2 is 2.16 bits per heavy atom. The van der Waals surface area contributed by atoms with E-state index in [4.69, 9.17) is 0 Å². The SMILES string of the molecule is Cc1ccnc(NCCNC(=O)c2cc(C)[nH]n2)c1. The number of amides is 1. The number of aryl methyl sites for hydroxylation is 2. The van der Waals surface area contributed by atoms with Crippen LogP contribution in [0.3, 0.4) is 0 Å². The van der Waals surface area contributed by atoms with E-state index in [0.717, 1.165) is 17.1 Å². The summed E-state index contributed by atoms with van der Waals surface area (Å²) in [6, 6.07) is 5.61. The van der Waals surface area contributed by atoms with E-state index >= 15 is 0 Å². The van der Waals surface area contributed by atoms with Gasteiger partial charge in [-0.3, -0.25) is 9.89 Å². The molecule has 100 valence electrons. The van der Waals surface area contributed by atoms with Gasteiger partial charge in [0.1, 0.15) is 11.5 Å². The fraction of sp³-hybridized carbons (Fsp3) is 0.308. The van der Waals surface area contributed by atoms with Gasteiger partial charge in [0.25, 0.3) is 5.91 Å². The Balaban J connectivity index is 1.74. The number of nitrogens with zero attached hydrogens (tertiary/aromatic N) is 2. The second-order valence-corrected chi connectivity index (χ2v) is 4.34. The summed E-state index contributed by atoms with van der Waals surface area (Å²) in [5.41, 5.74) is 2.42. The number of carbonyl (C=O) groups is 1. The van der Waals surface area contributed by atoms with Gasteiger partial charge in [-0.15, -0.1) is 0 Å². The van der Waals surface area contributed by atoms with Crippen LogP contribution in [0.5, 0.6) is 0 Å². The number of aromatic nitrogens is 3. The van der Waals surface area contributed by atoms with E-state index in [2.05, 4.69) is 25.8 Å². The number of carbonyl (C=O) groups excluding carboxylic acids is 1. The van der Waals surface area contributed by atoms with E-state index < -0.39 is 0 Å². The van der Waals surface area contributed by atoms with Crippen molar-refractivity contribution in [1.82, 2.24) is 20.5 Å². The average Bonchev–Trinajstić information content (AvgIpc) is 2.81. The Labute approximate surface area is 111 Å². The molecule has 19 heavy (non-hydrogen) atoms. The minimum absolute atomic E-state index is 0.177. The van der Waals surface area contributed by atoms with E-state index in [0.29, 0.717) is 18.8 Å². The van der Waals surface area contributed by atoms with Gasteiger partial charge >= 0.3 is 0 Å². The first-order valence-corrected chi connectivity index (χ1v) is 6.12. The summed E-state index contributed by atoms with van der Waals surface area (Å²) < 4.78 is 0. The third kappa shape index (κ3) is 3.80. The lowest BCUT2D eigenvalue weighted by atomic mass is 10.3. The summed E-state index contributed by atoms with van der Waals surface area (Å²) in [5, 5.41) is 12.6. The summed E-state index contributed by atoms with van der Waals surface area (Å²) >= 11 is 0. The van der Waals surface area contributed by atoms with Crippen LogP contribution >= 0.6 is 0 Å². The van der Waals surface area contributed by atoms with Gasteiger partial charge in [-0.1, -0.05) is 0 Å². The molecule has 0 aliphatic heterocycles. The molecule has 0 aliphatic carbocycles. The van der Waals surface area contributed by atoms with E-state index in [-0.39, 0.29) is 5.91 Å². The van der Waals surface area contributed by atoms with Crippen molar-refractivity contribution in [3.63, 3.8) is 0 Å². The monoisotopic (exact) mass is 259 g/mol. The van der Waals surface area contributed by atoms with E-state index in [1.165, 1.54) is 0 Å². The number of H-pyrrole nitrogens is 1. The van der Waals surface area contributed by atoms with Crippen molar-refractivity contribution in [3.05, 3.63) is 41.3 Å². The number of rotatable bonds is 5. The lowest BCUT2D eigenvalue weighted by Gasteiger charge is -2.06. The molecule has 0 aliphatic rings. The molecule has 0 fully saturated rings. The highest BCUT2D eigenvalue weighted by Gasteiger charge is 2.07. The van der Waals surface area contributed by atoms with Gasteiger partial charge in [-0.2, -0.15) is 5.10 Å². The fourth-order valence-electron chi connectivity index (χ4n) is 1.62. The molecule has 2 heterocycles. The van der Waals surface area contributed by atoms with Crippen LogP contribution in [0, 0.1) is 13.8 Å². The van der Waals surface area contributed by atoms with Crippen molar-refractivity contribution in [2.24, 2.45) is 0 Å². The highest BCUT2D eigenvalue weighted by molar-refractivity contribution is 5.92. The minimum atomic E-state index is -0.177. The first kappa shape index (κ1) is 13.1. The molecule has 0 aromatic carbocycles. The summed E-state index contributed by atoms with van der Waals surface area (Å²) in [6.45, 7) is 5.00. The quantitative estimate of drug-likeness (QED) is 0.706. The van der Waals surface area contributed by atoms with Crippen molar-refractivity contribution in [2.75, 3.05) is 18.4 Å². The van der Waals surface area contributed by atoms with Gasteiger partial charge in [-0.05, 0) is 37.6 Å². The van der Waals surface area contributed by atoms with Crippen LogP contribution < -0.4 is 10.6 Å². The van der Waals surface area contributed by atoms with Gasteiger partial charge in [0.2, 0.25) is 0 Å². The molecular weight excluding hydrogens is 242 g/mol. The Hall–Kier alpha value is -2.37. The molecule has 6 nitrogen and oxygen atoms in total. The maximum absolute atomic E-state index is 11.7. The Bertz CT molecular complexity index is 564. The van der Waals surface area contributed by atoms with Crippen LogP contribution in [-0.4, -0.2) is 34.2 Å². The molecule has 0 spiro atoms. The van der Waals surface area contributed by atoms with Crippen molar-refractivity contribution in [3.8, 4) is 0 Å². The lowest BCUT2D eigenvalue weighted by Crippen LogP contribution is -2.29. The smallest absolute Gasteiger partial charge is 0.271 e. The third-order valence-corrected chi connectivity index (χ3v) is 2.57. The molecular formula is C13H17N5O. The average molecular weight is 259 g/mol. The Morgan fingerprint density at radius 1 is 1.32 bits per heavy atom. The summed E-state index contributed by atoms with van der Waals surface area (Å²) in [4.78, 5) is 15.9. The largest absolute Gasteiger partial charge is 0.368 e. The first-order chi connectivity index (χ1) is 9.15. The maximum atomic E-state index is 11.7. The minimum Gasteiger partial charge on any atom is -0.368 e. The molecule has 2 rings (SSSR count). The normalized spacial score (nSPS) is 10.2. The zero-order valence-electron chi connectivity index (χ0n) is 11.0. The van der Waals surface area contributed by atoms with Gasteiger partial charge in [0, 0.05) is 25.0 Å². The molecule has 3 N–H and O–H groups in total. The van der Waals surface area contributed by atoms with Gasteiger partial charge in [0.05, 0.1) is 0 Å². The third-order valence-electron chi connectivity index (χ3n) is 2.57. The standard InChI is InChI=1S/C13H17N5O/c1-9-3-4-14-12(7-9)15-5-6-16-13(19)11-8-10(2)17-18-11/h3-4,7-8H,5-6H2,1-2H3,(H,14,15)(H,16,19)(H,17,18). The zero-order chi connectivity index (χ0) is 13.7. The van der Waals surface area contributed by atoms with Crippen LogP contribution in [0.4, 0.5) is 5.82 Å². The second kappa shape index (κ2) is 5.99. The maximum Gasteiger partial charge on any atom is 0.271 e. The molecule has 2 aromatic rings. The van der Waals surface area contributed by atoms with Crippen molar-refractivity contribution in [1.29, 1.82) is 0 Å². The first-order valence-electron chi connectivity index (χ1n) is 6.12.